The molecule has 3 aromatic rings. The standard InChI is InChI=1S/C19H19BrN2O/c1-2-22-13-14(15-7-3-6-10-18(15)22)11-12-19(23)21-17-9-5-4-8-16(17)20/h3-10,13H,2,11-12H2,1H3,(H,21,23). The van der Waals surface area contributed by atoms with E-state index in [9.17, 15) is 4.79 Å². The molecule has 2 aromatic carbocycles. The number of aromatic nitrogens is 1. The highest BCUT2D eigenvalue weighted by atomic mass is 79.9. The number of amides is 1. The summed E-state index contributed by atoms with van der Waals surface area (Å²) < 4.78 is 3.13. The van der Waals surface area contributed by atoms with Crippen molar-refractivity contribution >= 4 is 38.4 Å². The Morgan fingerprint density at radius 3 is 2.65 bits per heavy atom. The number of para-hydroxylation sites is 2. The monoisotopic (exact) mass is 370 g/mol. The topological polar surface area (TPSA) is 34.0 Å². The molecule has 0 aliphatic rings. The Kier molecular flexibility index (Phi) is 4.82. The number of carbonyl (C=O) groups excluding carboxylic acids is 1. The minimum absolute atomic E-state index is 0.0326. The Hall–Kier alpha value is -2.07. The van der Waals surface area contributed by atoms with E-state index >= 15 is 0 Å². The molecule has 0 saturated heterocycles. The van der Waals surface area contributed by atoms with Gasteiger partial charge in [-0.2, -0.15) is 0 Å². The lowest BCUT2D eigenvalue weighted by molar-refractivity contribution is -0.116. The fourth-order valence-electron chi connectivity index (χ4n) is 2.81. The fourth-order valence-corrected chi connectivity index (χ4v) is 3.19. The summed E-state index contributed by atoms with van der Waals surface area (Å²) >= 11 is 3.45. The summed E-state index contributed by atoms with van der Waals surface area (Å²) in [6.07, 6.45) is 3.37. The molecule has 3 rings (SSSR count). The zero-order valence-corrected chi connectivity index (χ0v) is 14.6. The Morgan fingerprint density at radius 1 is 1.13 bits per heavy atom. The molecule has 1 heterocycles. The highest BCUT2D eigenvalue weighted by Gasteiger charge is 2.10. The van der Waals surface area contributed by atoms with Crippen LogP contribution in [0.3, 0.4) is 0 Å². The minimum Gasteiger partial charge on any atom is -0.347 e. The predicted octanol–water partition coefficient (Wildman–Crippen LogP) is 5.00. The molecule has 1 N–H and O–H groups in total. The summed E-state index contributed by atoms with van der Waals surface area (Å²) in [5, 5.41) is 4.20. The number of anilines is 1. The Balaban J connectivity index is 1.71. The first-order chi connectivity index (χ1) is 11.2. The molecule has 1 amide bonds. The predicted molar refractivity (Wildman–Crippen MR) is 98.7 cm³/mol. The van der Waals surface area contributed by atoms with Crippen molar-refractivity contribution in [3.05, 3.63) is 64.8 Å². The van der Waals surface area contributed by atoms with Gasteiger partial charge in [-0.25, -0.2) is 0 Å². The first-order valence-corrected chi connectivity index (χ1v) is 8.59. The molecule has 0 radical (unpaired) electrons. The molecule has 3 nitrogen and oxygen atoms in total. The Labute approximate surface area is 144 Å². The summed E-state index contributed by atoms with van der Waals surface area (Å²) in [5.74, 6) is 0.0326. The smallest absolute Gasteiger partial charge is 0.224 e. The largest absolute Gasteiger partial charge is 0.347 e. The lowest BCUT2D eigenvalue weighted by Crippen LogP contribution is -2.12. The minimum atomic E-state index is 0.0326. The van der Waals surface area contributed by atoms with Crippen LogP contribution in [0.2, 0.25) is 0 Å². The molecule has 0 bridgehead atoms. The van der Waals surface area contributed by atoms with Crippen LogP contribution in [-0.4, -0.2) is 10.5 Å². The first kappa shape index (κ1) is 15.8. The van der Waals surface area contributed by atoms with E-state index in [0.717, 1.165) is 23.1 Å². The van der Waals surface area contributed by atoms with E-state index in [1.54, 1.807) is 0 Å². The summed E-state index contributed by atoms with van der Waals surface area (Å²) in [6, 6.07) is 16.0. The number of benzene rings is 2. The van der Waals surface area contributed by atoms with Gasteiger partial charge in [0.25, 0.3) is 0 Å². The van der Waals surface area contributed by atoms with Crippen molar-refractivity contribution in [1.29, 1.82) is 0 Å². The van der Waals surface area contributed by atoms with Crippen molar-refractivity contribution < 1.29 is 4.79 Å². The molecule has 0 spiro atoms. The third-order valence-corrected chi connectivity index (χ3v) is 4.67. The molecule has 0 saturated carbocycles. The van der Waals surface area contributed by atoms with E-state index in [1.807, 2.05) is 30.3 Å². The Bertz CT molecular complexity index is 838. The SMILES string of the molecule is CCn1cc(CCC(=O)Nc2ccccc2Br)c2ccccc21. The number of nitrogens with zero attached hydrogens (tertiary/aromatic N) is 1. The van der Waals surface area contributed by atoms with Crippen LogP contribution in [-0.2, 0) is 17.8 Å². The van der Waals surface area contributed by atoms with Gasteiger partial charge in [-0.05, 0) is 53.0 Å². The van der Waals surface area contributed by atoms with E-state index < -0.39 is 0 Å². The highest BCUT2D eigenvalue weighted by molar-refractivity contribution is 9.10. The van der Waals surface area contributed by atoms with Gasteiger partial charge in [0.05, 0.1) is 5.69 Å². The van der Waals surface area contributed by atoms with Gasteiger partial charge < -0.3 is 9.88 Å². The van der Waals surface area contributed by atoms with Crippen molar-refractivity contribution in [1.82, 2.24) is 4.57 Å². The Morgan fingerprint density at radius 2 is 1.87 bits per heavy atom. The van der Waals surface area contributed by atoms with Gasteiger partial charge in [-0.3, -0.25) is 4.79 Å². The van der Waals surface area contributed by atoms with Crippen molar-refractivity contribution in [2.45, 2.75) is 26.3 Å². The van der Waals surface area contributed by atoms with E-state index in [-0.39, 0.29) is 5.91 Å². The average Bonchev–Trinajstić information content (AvgIpc) is 2.93. The second-order valence-corrected chi connectivity index (χ2v) is 6.34. The highest BCUT2D eigenvalue weighted by Crippen LogP contribution is 2.24. The van der Waals surface area contributed by atoms with Crippen LogP contribution in [0, 0.1) is 0 Å². The number of halogens is 1. The number of fused-ring (bicyclic) bond motifs is 1. The van der Waals surface area contributed by atoms with Crippen LogP contribution in [0.4, 0.5) is 5.69 Å². The van der Waals surface area contributed by atoms with E-state index in [2.05, 4.69) is 57.1 Å². The lowest BCUT2D eigenvalue weighted by atomic mass is 10.1. The molecule has 0 aliphatic heterocycles. The first-order valence-electron chi connectivity index (χ1n) is 7.80. The van der Waals surface area contributed by atoms with Crippen LogP contribution >= 0.6 is 15.9 Å². The van der Waals surface area contributed by atoms with Crippen molar-refractivity contribution in [2.24, 2.45) is 0 Å². The molecule has 0 atom stereocenters. The van der Waals surface area contributed by atoms with Gasteiger partial charge in [0.15, 0.2) is 0 Å². The number of hydrogen-bond donors (Lipinski definition) is 1. The number of carbonyl (C=O) groups is 1. The van der Waals surface area contributed by atoms with E-state index in [1.165, 1.54) is 16.5 Å². The molecule has 0 unspecified atom stereocenters. The molecule has 1 aromatic heterocycles. The molecule has 0 fully saturated rings. The molecule has 4 heteroatoms. The van der Waals surface area contributed by atoms with Crippen LogP contribution in [0.25, 0.3) is 10.9 Å². The normalized spacial score (nSPS) is 10.9. The molecular weight excluding hydrogens is 352 g/mol. The molecule has 118 valence electrons. The van der Waals surface area contributed by atoms with Gasteiger partial charge in [-0.15, -0.1) is 0 Å². The van der Waals surface area contributed by atoms with Gasteiger partial charge in [-0.1, -0.05) is 30.3 Å². The molecular formula is C19H19BrN2O. The average molecular weight is 371 g/mol. The van der Waals surface area contributed by atoms with E-state index in [4.69, 9.17) is 0 Å². The third-order valence-electron chi connectivity index (χ3n) is 3.98. The maximum atomic E-state index is 12.2. The number of aryl methyl sites for hydroxylation is 2. The third kappa shape index (κ3) is 3.48. The fraction of sp³-hybridized carbons (Fsp3) is 0.211. The van der Waals surface area contributed by atoms with E-state index in [0.29, 0.717) is 6.42 Å². The summed E-state index contributed by atoms with van der Waals surface area (Å²) in [7, 11) is 0. The van der Waals surface area contributed by atoms with Gasteiger partial charge in [0.2, 0.25) is 5.91 Å². The van der Waals surface area contributed by atoms with Crippen LogP contribution in [0.1, 0.15) is 18.9 Å². The zero-order valence-electron chi connectivity index (χ0n) is 13.1. The summed E-state index contributed by atoms with van der Waals surface area (Å²) in [6.45, 7) is 3.07. The van der Waals surface area contributed by atoms with Crippen molar-refractivity contribution in [2.75, 3.05) is 5.32 Å². The van der Waals surface area contributed by atoms with Gasteiger partial charge >= 0.3 is 0 Å². The van der Waals surface area contributed by atoms with Crippen molar-refractivity contribution in [3.8, 4) is 0 Å². The maximum Gasteiger partial charge on any atom is 0.224 e. The quantitative estimate of drug-likeness (QED) is 0.673. The second-order valence-electron chi connectivity index (χ2n) is 5.49. The number of hydrogen-bond acceptors (Lipinski definition) is 1. The van der Waals surface area contributed by atoms with Gasteiger partial charge in [0.1, 0.15) is 0 Å². The van der Waals surface area contributed by atoms with Crippen LogP contribution in [0.15, 0.2) is 59.2 Å². The zero-order chi connectivity index (χ0) is 16.2. The lowest BCUT2D eigenvalue weighted by Gasteiger charge is -2.06. The number of rotatable bonds is 5. The van der Waals surface area contributed by atoms with Crippen LogP contribution < -0.4 is 5.32 Å². The number of nitrogens with one attached hydrogen (secondary N) is 1. The second kappa shape index (κ2) is 7.01. The molecule has 23 heavy (non-hydrogen) atoms. The summed E-state index contributed by atoms with van der Waals surface area (Å²) in [5.41, 5.74) is 3.27. The molecule has 0 aliphatic carbocycles. The maximum absolute atomic E-state index is 12.2. The summed E-state index contributed by atoms with van der Waals surface area (Å²) in [4.78, 5) is 12.2. The van der Waals surface area contributed by atoms with Crippen molar-refractivity contribution in [3.63, 3.8) is 0 Å². The van der Waals surface area contributed by atoms with Crippen LogP contribution in [0.5, 0.6) is 0 Å². The van der Waals surface area contributed by atoms with Gasteiger partial charge in [0, 0.05) is 34.5 Å².